The molecule has 0 unspecified atom stereocenters. The van der Waals surface area contributed by atoms with Crippen LogP contribution in [0.1, 0.15) is 31.4 Å². The molecule has 0 aliphatic carbocycles. The van der Waals surface area contributed by atoms with Gasteiger partial charge >= 0.3 is 5.97 Å². The molecule has 0 radical (unpaired) electrons. The molecule has 0 aromatic heterocycles. The Morgan fingerprint density at radius 1 is 1.04 bits per heavy atom. The molecule has 24 heavy (non-hydrogen) atoms. The van der Waals surface area contributed by atoms with Gasteiger partial charge in [-0.05, 0) is 20.3 Å². The van der Waals surface area contributed by atoms with Crippen molar-refractivity contribution in [1.29, 1.82) is 0 Å². The van der Waals surface area contributed by atoms with E-state index in [-0.39, 0.29) is 12.1 Å². The molecule has 0 N–H and O–H groups in total. The molecule has 0 aliphatic heterocycles. The molecule has 124 valence electrons. The minimum atomic E-state index is -0.597. The minimum absolute atomic E-state index is 0.170. The Kier molecular flexibility index (Phi) is 6.50. The van der Waals surface area contributed by atoms with E-state index in [0.717, 1.165) is 16.8 Å². The summed E-state index contributed by atoms with van der Waals surface area (Å²) in [6.07, 6.45) is 1.97. The maximum absolute atomic E-state index is 12.4. The van der Waals surface area contributed by atoms with Gasteiger partial charge in [0.25, 0.3) is 0 Å². The molecule has 0 bridgehead atoms. The topological polar surface area (TPSA) is 38.7 Å². The number of carbonyl (C=O) groups is 1. The number of esters is 1. The molecule has 3 heteroatoms. The third-order valence-electron chi connectivity index (χ3n) is 3.39. The quantitative estimate of drug-likeness (QED) is 0.430. The van der Waals surface area contributed by atoms with Gasteiger partial charge in [-0.3, -0.25) is 4.99 Å². The predicted octanol–water partition coefficient (Wildman–Crippen LogP) is 4.42. The first-order valence-electron chi connectivity index (χ1n) is 8.12. The van der Waals surface area contributed by atoms with Crippen molar-refractivity contribution in [2.45, 2.75) is 32.4 Å². The first kappa shape index (κ1) is 17.7. The van der Waals surface area contributed by atoms with Gasteiger partial charge in [0, 0.05) is 11.1 Å². The lowest BCUT2D eigenvalue weighted by Crippen LogP contribution is -2.25. The van der Waals surface area contributed by atoms with Crippen LogP contribution in [0.25, 0.3) is 0 Å². The van der Waals surface area contributed by atoms with E-state index in [1.807, 2.05) is 74.5 Å². The molecule has 2 rings (SSSR count). The van der Waals surface area contributed by atoms with Gasteiger partial charge in [0.2, 0.25) is 0 Å². The molecule has 0 saturated heterocycles. The van der Waals surface area contributed by atoms with E-state index in [2.05, 4.69) is 6.58 Å². The molecule has 2 aromatic rings. The van der Waals surface area contributed by atoms with Crippen LogP contribution < -0.4 is 0 Å². The van der Waals surface area contributed by atoms with Crippen LogP contribution in [0.5, 0.6) is 0 Å². The minimum Gasteiger partial charge on any atom is -0.461 e. The molecule has 0 amide bonds. The summed E-state index contributed by atoms with van der Waals surface area (Å²) in [6, 6.07) is 19.1. The number of hydrogen-bond acceptors (Lipinski definition) is 3. The zero-order valence-electron chi connectivity index (χ0n) is 14.2. The largest absolute Gasteiger partial charge is 0.461 e. The third-order valence-corrected chi connectivity index (χ3v) is 3.39. The van der Waals surface area contributed by atoms with Crippen molar-refractivity contribution < 1.29 is 9.53 Å². The Morgan fingerprint density at radius 2 is 1.54 bits per heavy atom. The Bertz CT molecular complexity index is 649. The summed E-state index contributed by atoms with van der Waals surface area (Å²) in [6.45, 7) is 7.41. The summed E-state index contributed by atoms with van der Waals surface area (Å²) in [4.78, 5) is 17.1. The molecule has 3 nitrogen and oxygen atoms in total. The second-order valence-corrected chi connectivity index (χ2v) is 5.74. The highest BCUT2D eigenvalue weighted by Crippen LogP contribution is 2.15. The van der Waals surface area contributed by atoms with Crippen LogP contribution in [0.2, 0.25) is 0 Å². The summed E-state index contributed by atoms with van der Waals surface area (Å²) in [5, 5.41) is 0. The van der Waals surface area contributed by atoms with Gasteiger partial charge in [-0.25, -0.2) is 4.79 Å². The van der Waals surface area contributed by atoms with Crippen LogP contribution in [-0.2, 0) is 9.53 Å². The molecule has 2 aromatic carbocycles. The lowest BCUT2D eigenvalue weighted by atomic mass is 10.0. The van der Waals surface area contributed by atoms with E-state index in [4.69, 9.17) is 9.73 Å². The summed E-state index contributed by atoms with van der Waals surface area (Å²) in [5.41, 5.74) is 2.72. The average molecular weight is 321 g/mol. The molecule has 0 saturated carbocycles. The fourth-order valence-corrected chi connectivity index (χ4v) is 2.33. The highest BCUT2D eigenvalue weighted by molar-refractivity contribution is 6.13. The van der Waals surface area contributed by atoms with Crippen molar-refractivity contribution in [3.8, 4) is 0 Å². The zero-order chi connectivity index (χ0) is 17.4. The predicted molar refractivity (Wildman–Crippen MR) is 98.4 cm³/mol. The normalized spacial score (nSPS) is 11.6. The molecule has 0 heterocycles. The number of nitrogens with zero attached hydrogens (tertiary/aromatic N) is 1. The molecule has 0 fully saturated rings. The molecule has 0 spiro atoms. The third kappa shape index (κ3) is 4.92. The van der Waals surface area contributed by atoms with Gasteiger partial charge < -0.3 is 4.74 Å². The van der Waals surface area contributed by atoms with Crippen molar-refractivity contribution in [3.63, 3.8) is 0 Å². The number of rotatable bonds is 7. The van der Waals surface area contributed by atoms with Gasteiger partial charge in [-0.15, -0.1) is 6.58 Å². The maximum atomic E-state index is 12.4. The number of ether oxygens (including phenoxy) is 1. The SMILES string of the molecule is C=CC[C@H](N=C(c1ccccc1)c1ccccc1)C(=O)OC(C)C. The first-order valence-corrected chi connectivity index (χ1v) is 8.12. The van der Waals surface area contributed by atoms with Crippen molar-refractivity contribution in [2.75, 3.05) is 0 Å². The summed E-state index contributed by atoms with van der Waals surface area (Å²) in [7, 11) is 0. The molecular weight excluding hydrogens is 298 g/mol. The smallest absolute Gasteiger partial charge is 0.331 e. The highest BCUT2D eigenvalue weighted by atomic mass is 16.5. The van der Waals surface area contributed by atoms with Crippen LogP contribution in [0.4, 0.5) is 0 Å². The van der Waals surface area contributed by atoms with Crippen LogP contribution in [0.15, 0.2) is 78.3 Å². The average Bonchev–Trinajstić information content (AvgIpc) is 2.59. The Labute approximate surface area is 143 Å². The number of hydrogen-bond donors (Lipinski definition) is 0. The first-order chi connectivity index (χ1) is 11.6. The number of carbonyl (C=O) groups excluding carboxylic acids is 1. The lowest BCUT2D eigenvalue weighted by molar-refractivity contribution is -0.148. The highest BCUT2D eigenvalue weighted by Gasteiger charge is 2.20. The molecule has 1 atom stereocenters. The van der Waals surface area contributed by atoms with E-state index in [1.165, 1.54) is 0 Å². The Hall–Kier alpha value is -2.68. The zero-order valence-corrected chi connectivity index (χ0v) is 14.2. The van der Waals surface area contributed by atoms with E-state index < -0.39 is 6.04 Å². The van der Waals surface area contributed by atoms with E-state index in [1.54, 1.807) is 6.08 Å². The fourth-order valence-electron chi connectivity index (χ4n) is 2.33. The van der Waals surface area contributed by atoms with E-state index in [9.17, 15) is 4.79 Å². The van der Waals surface area contributed by atoms with Gasteiger partial charge in [0.05, 0.1) is 11.8 Å². The Morgan fingerprint density at radius 3 is 1.96 bits per heavy atom. The van der Waals surface area contributed by atoms with Crippen molar-refractivity contribution in [1.82, 2.24) is 0 Å². The molecule has 0 aliphatic rings. The van der Waals surface area contributed by atoms with Gasteiger partial charge in [0.15, 0.2) is 6.04 Å². The van der Waals surface area contributed by atoms with Crippen molar-refractivity contribution >= 4 is 11.7 Å². The summed E-state index contributed by atoms with van der Waals surface area (Å²) < 4.78 is 5.34. The summed E-state index contributed by atoms with van der Waals surface area (Å²) >= 11 is 0. The van der Waals surface area contributed by atoms with Gasteiger partial charge in [-0.1, -0.05) is 66.7 Å². The summed E-state index contributed by atoms with van der Waals surface area (Å²) in [5.74, 6) is -0.325. The van der Waals surface area contributed by atoms with Gasteiger partial charge in [0.1, 0.15) is 0 Å². The van der Waals surface area contributed by atoms with Crippen LogP contribution >= 0.6 is 0 Å². The van der Waals surface area contributed by atoms with Gasteiger partial charge in [-0.2, -0.15) is 0 Å². The second-order valence-electron chi connectivity index (χ2n) is 5.74. The fraction of sp³-hybridized carbons (Fsp3) is 0.238. The lowest BCUT2D eigenvalue weighted by Gasteiger charge is -2.16. The van der Waals surface area contributed by atoms with Crippen molar-refractivity contribution in [3.05, 3.63) is 84.4 Å². The molecular formula is C21H23NO2. The van der Waals surface area contributed by atoms with Crippen LogP contribution in [0, 0.1) is 0 Å². The number of aliphatic imine (C=N–C) groups is 1. The number of benzene rings is 2. The standard InChI is InChI=1S/C21H23NO2/c1-4-11-19(21(23)24-16(2)3)22-20(17-12-7-5-8-13-17)18-14-9-6-10-15-18/h4-10,12-16,19H,1,11H2,2-3H3/t19-/m0/s1. The van der Waals surface area contributed by atoms with Crippen LogP contribution in [-0.4, -0.2) is 23.8 Å². The van der Waals surface area contributed by atoms with Crippen molar-refractivity contribution in [2.24, 2.45) is 4.99 Å². The van der Waals surface area contributed by atoms with Crippen LogP contribution in [0.3, 0.4) is 0 Å². The second kappa shape index (κ2) is 8.82. The monoisotopic (exact) mass is 321 g/mol. The Balaban J connectivity index is 2.45. The van der Waals surface area contributed by atoms with E-state index >= 15 is 0 Å². The maximum Gasteiger partial charge on any atom is 0.331 e. The van der Waals surface area contributed by atoms with E-state index in [0.29, 0.717) is 6.42 Å².